The van der Waals surface area contributed by atoms with Crippen molar-refractivity contribution >= 4 is 30.0 Å². The maximum absolute atomic E-state index is 13.6. The van der Waals surface area contributed by atoms with Crippen LogP contribution >= 0.6 is 0 Å². The Kier molecular flexibility index (Phi) is 16.7. The van der Waals surface area contributed by atoms with Crippen LogP contribution in [0.15, 0.2) is 0 Å². The summed E-state index contributed by atoms with van der Waals surface area (Å²) < 4.78 is 0. The van der Waals surface area contributed by atoms with Gasteiger partial charge >= 0.3 is 0 Å². The lowest BCUT2D eigenvalue weighted by Gasteiger charge is -2.37. The Hall–Kier alpha value is -2.45. The molecule has 0 saturated carbocycles. The van der Waals surface area contributed by atoms with Crippen LogP contribution in [0.3, 0.4) is 0 Å². The molecule has 0 saturated heterocycles. The molecule has 0 aliphatic heterocycles. The second-order valence-electron chi connectivity index (χ2n) is 11.0. The van der Waals surface area contributed by atoms with Gasteiger partial charge in [-0.2, -0.15) is 0 Å². The predicted octanol–water partition coefficient (Wildman–Crippen LogP) is 3.56. The lowest BCUT2D eigenvalue weighted by molar-refractivity contribution is -0.153. The molecule has 0 fully saturated rings. The molecule has 0 N–H and O–H groups in total. The molecule has 37 heavy (non-hydrogen) atoms. The maximum Gasteiger partial charge on any atom is 0.251 e. The van der Waals surface area contributed by atoms with Crippen molar-refractivity contribution in [2.75, 3.05) is 34.7 Å². The SMILES string of the molecule is CCCCCCCCCC(=O)N(C)CC(=O)N(C)C(CC(C)C)C(=O)N(C)C(C(=O)N(C)C=O)C(C)C. The second kappa shape index (κ2) is 17.9. The van der Waals surface area contributed by atoms with Gasteiger partial charge in [-0.25, -0.2) is 0 Å². The third-order valence-electron chi connectivity index (χ3n) is 6.79. The van der Waals surface area contributed by atoms with Crippen molar-refractivity contribution in [3.05, 3.63) is 0 Å². The number of carbonyl (C=O) groups excluding carboxylic acids is 5. The van der Waals surface area contributed by atoms with Gasteiger partial charge in [0.25, 0.3) is 5.91 Å². The lowest BCUT2D eigenvalue weighted by atomic mass is 9.97. The summed E-state index contributed by atoms with van der Waals surface area (Å²) >= 11 is 0. The predicted molar refractivity (Wildman–Crippen MR) is 146 cm³/mol. The monoisotopic (exact) mass is 524 g/mol. The molecule has 0 aliphatic carbocycles. The van der Waals surface area contributed by atoms with Crippen LogP contribution in [-0.2, 0) is 24.0 Å². The Labute approximate surface area is 224 Å². The molecule has 0 aromatic heterocycles. The number of likely N-dealkylation sites (N-methyl/N-ethyl adjacent to an activating group) is 4. The lowest BCUT2D eigenvalue weighted by Crippen LogP contribution is -2.57. The number of nitrogens with zero attached hydrogens (tertiary/aromatic N) is 4. The maximum atomic E-state index is 13.6. The fourth-order valence-electron chi connectivity index (χ4n) is 4.40. The van der Waals surface area contributed by atoms with Crippen LogP contribution in [0.1, 0.15) is 92.4 Å². The van der Waals surface area contributed by atoms with Crippen molar-refractivity contribution in [3.63, 3.8) is 0 Å². The standard InChI is InChI=1S/C28H52N4O5/c1-10-11-12-13-14-15-16-17-24(34)29(6)19-25(35)31(8)23(18-21(2)3)27(36)32(9)26(22(4)5)28(37)30(7)20-33/h20-23,26H,10-19H2,1-9H3. The summed E-state index contributed by atoms with van der Waals surface area (Å²) in [7, 11) is 6.08. The second-order valence-corrected chi connectivity index (χ2v) is 11.0. The fraction of sp³-hybridized carbons (Fsp3) is 0.821. The van der Waals surface area contributed by atoms with E-state index >= 15 is 0 Å². The first-order chi connectivity index (χ1) is 17.3. The average Bonchev–Trinajstić information content (AvgIpc) is 2.84. The van der Waals surface area contributed by atoms with E-state index in [1.165, 1.54) is 54.5 Å². The molecule has 9 nitrogen and oxygen atoms in total. The minimum Gasteiger partial charge on any atom is -0.336 e. The highest BCUT2D eigenvalue weighted by Gasteiger charge is 2.37. The molecular formula is C28H52N4O5. The third-order valence-corrected chi connectivity index (χ3v) is 6.79. The van der Waals surface area contributed by atoms with E-state index in [0.29, 0.717) is 19.3 Å². The summed E-state index contributed by atoms with van der Waals surface area (Å²) in [5, 5.41) is 0. The Morgan fingerprint density at radius 2 is 1.27 bits per heavy atom. The summed E-state index contributed by atoms with van der Waals surface area (Å²) in [5.74, 6) is -1.39. The molecular weight excluding hydrogens is 472 g/mol. The van der Waals surface area contributed by atoms with E-state index < -0.39 is 18.0 Å². The number of hydrogen-bond donors (Lipinski definition) is 0. The van der Waals surface area contributed by atoms with Gasteiger partial charge in [-0.15, -0.1) is 0 Å². The Morgan fingerprint density at radius 3 is 1.76 bits per heavy atom. The number of imide groups is 1. The number of carbonyl (C=O) groups is 5. The first-order valence-corrected chi connectivity index (χ1v) is 13.8. The van der Waals surface area contributed by atoms with E-state index in [1.54, 1.807) is 14.1 Å². The average molecular weight is 525 g/mol. The molecule has 9 heteroatoms. The van der Waals surface area contributed by atoms with Gasteiger partial charge < -0.3 is 14.7 Å². The van der Waals surface area contributed by atoms with Gasteiger partial charge in [0, 0.05) is 34.6 Å². The molecule has 214 valence electrons. The van der Waals surface area contributed by atoms with E-state index in [1.807, 2.05) is 27.7 Å². The van der Waals surface area contributed by atoms with Gasteiger partial charge in [-0.3, -0.25) is 28.9 Å². The highest BCUT2D eigenvalue weighted by Crippen LogP contribution is 2.19. The fourth-order valence-corrected chi connectivity index (χ4v) is 4.40. The third kappa shape index (κ3) is 12.1. The normalized spacial score (nSPS) is 12.7. The van der Waals surface area contributed by atoms with E-state index in [4.69, 9.17) is 0 Å². The van der Waals surface area contributed by atoms with E-state index in [9.17, 15) is 24.0 Å². The van der Waals surface area contributed by atoms with Gasteiger partial charge in [0.1, 0.15) is 12.1 Å². The Balaban J connectivity index is 5.27. The summed E-state index contributed by atoms with van der Waals surface area (Å²) in [6.45, 7) is 9.61. The zero-order valence-electron chi connectivity index (χ0n) is 24.8. The first-order valence-electron chi connectivity index (χ1n) is 13.8. The van der Waals surface area contributed by atoms with Crippen LogP contribution < -0.4 is 0 Å². The van der Waals surface area contributed by atoms with Gasteiger partial charge in [-0.05, 0) is 24.7 Å². The molecule has 5 amide bonds. The largest absolute Gasteiger partial charge is 0.336 e. The van der Waals surface area contributed by atoms with Crippen molar-refractivity contribution < 1.29 is 24.0 Å². The topological polar surface area (TPSA) is 98.3 Å². The van der Waals surface area contributed by atoms with E-state index in [-0.39, 0.29) is 36.1 Å². The van der Waals surface area contributed by atoms with Gasteiger partial charge in [0.2, 0.25) is 24.1 Å². The molecule has 2 unspecified atom stereocenters. The molecule has 0 bridgehead atoms. The van der Waals surface area contributed by atoms with Crippen LogP contribution in [0, 0.1) is 11.8 Å². The summed E-state index contributed by atoms with van der Waals surface area (Å²) in [6.07, 6.45) is 9.04. The molecule has 0 rings (SSSR count). The first kappa shape index (κ1) is 34.6. The van der Waals surface area contributed by atoms with Gasteiger partial charge in [0.15, 0.2) is 0 Å². The molecule has 0 aromatic carbocycles. The van der Waals surface area contributed by atoms with E-state index in [0.717, 1.165) is 24.2 Å². The molecule has 0 radical (unpaired) electrons. The smallest absolute Gasteiger partial charge is 0.251 e. The summed E-state index contributed by atoms with van der Waals surface area (Å²) in [6, 6.07) is -1.63. The van der Waals surface area contributed by atoms with Gasteiger partial charge in [-0.1, -0.05) is 73.1 Å². The van der Waals surface area contributed by atoms with Crippen molar-refractivity contribution in [2.24, 2.45) is 11.8 Å². The number of hydrogen-bond acceptors (Lipinski definition) is 5. The van der Waals surface area contributed by atoms with Crippen LogP contribution in [0.2, 0.25) is 0 Å². The summed E-state index contributed by atoms with van der Waals surface area (Å²) in [5.41, 5.74) is 0. The van der Waals surface area contributed by atoms with Gasteiger partial charge in [0.05, 0.1) is 6.54 Å². The quantitative estimate of drug-likeness (QED) is 0.202. The zero-order chi connectivity index (χ0) is 28.7. The molecule has 0 aliphatic rings. The van der Waals surface area contributed by atoms with Crippen LogP contribution in [0.25, 0.3) is 0 Å². The van der Waals surface area contributed by atoms with Crippen molar-refractivity contribution in [1.82, 2.24) is 19.6 Å². The van der Waals surface area contributed by atoms with Crippen LogP contribution in [0.4, 0.5) is 0 Å². The Morgan fingerprint density at radius 1 is 0.730 bits per heavy atom. The van der Waals surface area contributed by atoms with Crippen LogP contribution in [0.5, 0.6) is 0 Å². The highest BCUT2D eigenvalue weighted by atomic mass is 16.2. The van der Waals surface area contributed by atoms with E-state index in [2.05, 4.69) is 6.92 Å². The van der Waals surface area contributed by atoms with Crippen molar-refractivity contribution in [1.29, 1.82) is 0 Å². The molecule has 0 spiro atoms. The highest BCUT2D eigenvalue weighted by molar-refractivity contribution is 5.95. The van der Waals surface area contributed by atoms with Crippen molar-refractivity contribution in [3.8, 4) is 0 Å². The van der Waals surface area contributed by atoms with Crippen molar-refractivity contribution in [2.45, 2.75) is 104 Å². The number of rotatable bonds is 18. The molecule has 0 aromatic rings. The van der Waals surface area contributed by atoms with Crippen LogP contribution in [-0.4, -0.2) is 96.5 Å². The molecule has 0 heterocycles. The molecule has 2 atom stereocenters. The number of unbranched alkanes of at least 4 members (excludes halogenated alkanes) is 6. The summed E-state index contributed by atoms with van der Waals surface area (Å²) in [4.78, 5) is 68.3. The minimum atomic E-state index is -0.841. The number of amides is 5. The minimum absolute atomic E-state index is 0.0819. The Bertz CT molecular complexity index is 740. The zero-order valence-corrected chi connectivity index (χ0v) is 24.8.